The molecule has 49 heavy (non-hydrogen) atoms. The highest BCUT2D eigenvalue weighted by atomic mass is 32.2. The second-order valence-electron chi connectivity index (χ2n) is 10.5. The topological polar surface area (TPSA) is 136 Å². The minimum absolute atomic E-state index is 0.134. The van der Waals surface area contributed by atoms with Gasteiger partial charge in [-0.1, -0.05) is 57.2 Å². The summed E-state index contributed by atoms with van der Waals surface area (Å²) in [4.78, 5) is 24.5. The zero-order valence-electron chi connectivity index (χ0n) is 27.7. The molecular weight excluding hydrogens is 692 g/mol. The fourth-order valence-electron chi connectivity index (χ4n) is 4.56. The lowest BCUT2D eigenvalue weighted by Crippen LogP contribution is -2.46. The molecule has 0 saturated carbocycles. The van der Waals surface area contributed by atoms with Gasteiger partial charge in [0.2, 0.25) is 15.9 Å². The van der Waals surface area contributed by atoms with Gasteiger partial charge in [0.25, 0.3) is 0 Å². The molecule has 1 saturated heterocycles. The number of carbonyl (C=O) groups excluding carboxylic acids is 2. The maximum absolute atomic E-state index is 12.6. The lowest BCUT2D eigenvalue weighted by molar-refractivity contribution is -0.146. The normalized spacial score (nSPS) is 15.1. The average molecular weight is 733 g/mol. The zero-order chi connectivity index (χ0) is 37.0. The number of esters is 1. The first kappa shape index (κ1) is 41.2. The quantitative estimate of drug-likeness (QED) is 0.0540. The predicted octanol–water partition coefficient (Wildman–Crippen LogP) is 6.74. The van der Waals surface area contributed by atoms with Gasteiger partial charge >= 0.3 is 21.6 Å². The van der Waals surface area contributed by atoms with E-state index in [1.165, 1.54) is 36.1 Å². The Morgan fingerprint density at radius 2 is 1.53 bits per heavy atom. The first-order valence-electron chi connectivity index (χ1n) is 15.3. The third-order valence-corrected chi connectivity index (χ3v) is 8.55. The molecule has 3 aromatic carbocycles. The highest BCUT2D eigenvalue weighted by molar-refractivity contribution is 7.88. The van der Waals surface area contributed by atoms with Gasteiger partial charge in [0.15, 0.2) is 0 Å². The van der Waals surface area contributed by atoms with Gasteiger partial charge in [-0.2, -0.15) is 21.6 Å². The van der Waals surface area contributed by atoms with Gasteiger partial charge < -0.3 is 13.8 Å². The van der Waals surface area contributed by atoms with Crippen molar-refractivity contribution in [2.75, 3.05) is 17.7 Å². The molecule has 1 aliphatic heterocycles. The van der Waals surface area contributed by atoms with Crippen LogP contribution in [-0.4, -0.2) is 47.0 Å². The maximum Gasteiger partial charge on any atom is 0.534 e. The van der Waals surface area contributed by atoms with Gasteiger partial charge in [0, 0.05) is 19.2 Å². The number of nitrogens with one attached hydrogen (secondary N) is 1. The van der Waals surface area contributed by atoms with Crippen LogP contribution >= 0.6 is 0 Å². The first-order valence-corrected chi connectivity index (χ1v) is 18.6. The molecular formula is C33H40F4N2O8S2. The lowest BCUT2D eigenvalue weighted by atomic mass is 9.92. The summed E-state index contributed by atoms with van der Waals surface area (Å²) in [6.07, 6.45) is 2.95. The Hall–Kier alpha value is -4.02. The van der Waals surface area contributed by atoms with E-state index >= 15 is 0 Å². The van der Waals surface area contributed by atoms with E-state index in [1.807, 2.05) is 32.9 Å². The average Bonchev–Trinajstić information content (AvgIpc) is 3.02. The van der Waals surface area contributed by atoms with Crippen LogP contribution in [0.1, 0.15) is 75.8 Å². The van der Waals surface area contributed by atoms with E-state index in [9.17, 15) is 44.0 Å². The van der Waals surface area contributed by atoms with Crippen molar-refractivity contribution >= 4 is 37.7 Å². The molecule has 1 aliphatic rings. The molecule has 1 heterocycles. The van der Waals surface area contributed by atoms with Crippen molar-refractivity contribution < 1.29 is 52.9 Å². The standard InChI is InChI=1S/C20H21F3N2O6S2.C11H13FO2.C2H6/c1-32(27,28)24-12-2-3-14-4-8-16(9-5-14)25-18(13-19(25)26)15-6-10-17(11-7-15)31-33(29,30)20(21,22)23;1-3-11(14-8(2)13)9-4-6-10(12)7-5-9;1-2/h4-11,18,24H,2-3,12-13H2,1H3;4-7,11H,3H2,1-2H3;1-2H3/t;11-;/m.0./s1. The number of anilines is 1. The number of amides is 1. The maximum atomic E-state index is 12.6. The number of aryl methyl sites for hydroxylation is 1. The summed E-state index contributed by atoms with van der Waals surface area (Å²) >= 11 is 0. The Morgan fingerprint density at radius 3 is 2.00 bits per heavy atom. The summed E-state index contributed by atoms with van der Waals surface area (Å²) in [6.45, 7) is 7.60. The largest absolute Gasteiger partial charge is 0.534 e. The zero-order valence-corrected chi connectivity index (χ0v) is 29.3. The van der Waals surface area contributed by atoms with E-state index in [0.717, 1.165) is 29.5 Å². The van der Waals surface area contributed by atoms with Crippen LogP contribution in [0.5, 0.6) is 5.75 Å². The smallest absolute Gasteiger partial charge is 0.458 e. The Bertz CT molecular complexity index is 1730. The van der Waals surface area contributed by atoms with Gasteiger partial charge in [0.05, 0.1) is 18.7 Å². The number of sulfonamides is 1. The Morgan fingerprint density at radius 1 is 0.959 bits per heavy atom. The summed E-state index contributed by atoms with van der Waals surface area (Å²) in [5.41, 5.74) is -2.49. The molecule has 3 aromatic rings. The fourth-order valence-corrected chi connectivity index (χ4v) is 5.54. The van der Waals surface area contributed by atoms with E-state index < -0.39 is 31.4 Å². The van der Waals surface area contributed by atoms with Gasteiger partial charge in [0.1, 0.15) is 17.7 Å². The molecule has 16 heteroatoms. The van der Waals surface area contributed by atoms with E-state index in [1.54, 1.807) is 24.3 Å². The van der Waals surface area contributed by atoms with E-state index in [2.05, 4.69) is 8.91 Å². The number of rotatable bonds is 12. The third kappa shape index (κ3) is 12.7. The van der Waals surface area contributed by atoms with Crippen molar-refractivity contribution in [3.63, 3.8) is 0 Å². The number of carbonyl (C=O) groups is 2. The van der Waals surface area contributed by atoms with Crippen LogP contribution in [0.3, 0.4) is 0 Å². The highest BCUT2D eigenvalue weighted by Crippen LogP contribution is 2.39. The molecule has 0 aromatic heterocycles. The van der Waals surface area contributed by atoms with Crippen LogP contribution in [0, 0.1) is 5.82 Å². The number of nitrogens with zero attached hydrogens (tertiary/aromatic N) is 1. The molecule has 2 atom stereocenters. The molecule has 0 bridgehead atoms. The third-order valence-electron chi connectivity index (χ3n) is 6.84. The number of hydrogen-bond acceptors (Lipinski definition) is 8. The Labute approximate surface area is 284 Å². The van der Waals surface area contributed by atoms with Crippen LogP contribution in [0.15, 0.2) is 72.8 Å². The highest BCUT2D eigenvalue weighted by Gasteiger charge is 2.48. The number of halogens is 4. The monoisotopic (exact) mass is 732 g/mol. The minimum atomic E-state index is -5.76. The molecule has 10 nitrogen and oxygen atoms in total. The second kappa shape index (κ2) is 18.1. The summed E-state index contributed by atoms with van der Waals surface area (Å²) in [5.74, 6) is -1.22. The van der Waals surface area contributed by atoms with Crippen LogP contribution in [-0.2, 0) is 40.9 Å². The molecule has 4 rings (SSSR count). The van der Waals surface area contributed by atoms with Gasteiger partial charge in [-0.3, -0.25) is 9.59 Å². The van der Waals surface area contributed by atoms with E-state index in [0.29, 0.717) is 37.1 Å². The predicted molar refractivity (Wildman–Crippen MR) is 177 cm³/mol. The summed E-state index contributed by atoms with van der Waals surface area (Å²) in [5, 5.41) is 0. The van der Waals surface area contributed by atoms with Crippen LogP contribution in [0.2, 0.25) is 0 Å². The summed E-state index contributed by atoms with van der Waals surface area (Å²) < 4.78 is 106. The van der Waals surface area contributed by atoms with Crippen molar-refractivity contribution in [3.05, 3.63) is 95.3 Å². The van der Waals surface area contributed by atoms with Gasteiger partial charge in [-0.05, 0) is 72.4 Å². The first-order chi connectivity index (χ1) is 22.9. The molecule has 270 valence electrons. The second-order valence-corrected chi connectivity index (χ2v) is 13.9. The lowest BCUT2D eigenvalue weighted by Gasteiger charge is -2.41. The van der Waals surface area contributed by atoms with E-state index in [4.69, 9.17) is 4.74 Å². The fraction of sp³-hybridized carbons (Fsp3) is 0.394. The van der Waals surface area contributed by atoms with Gasteiger partial charge in [-0.25, -0.2) is 17.5 Å². The minimum Gasteiger partial charge on any atom is -0.458 e. The SMILES string of the molecule is CC.CC[C@H](OC(C)=O)c1ccc(F)cc1.CS(=O)(=O)NCCCc1ccc(N2C(=O)CC2c2ccc(OS(=O)(=O)C(F)(F)F)cc2)cc1. The number of alkyl halides is 3. The van der Waals surface area contributed by atoms with Gasteiger partial charge in [-0.15, -0.1) is 0 Å². The van der Waals surface area contributed by atoms with Crippen molar-refractivity contribution in [3.8, 4) is 5.75 Å². The van der Waals surface area contributed by atoms with Crippen molar-refractivity contribution in [1.29, 1.82) is 0 Å². The van der Waals surface area contributed by atoms with Crippen LogP contribution in [0.25, 0.3) is 0 Å². The summed E-state index contributed by atoms with van der Waals surface area (Å²) in [6, 6.07) is 17.9. The van der Waals surface area contributed by atoms with E-state index in [-0.39, 0.29) is 36.3 Å². The van der Waals surface area contributed by atoms with Crippen molar-refractivity contribution in [1.82, 2.24) is 4.72 Å². The Kier molecular flexibility index (Phi) is 15.2. The number of ether oxygens (including phenoxy) is 1. The molecule has 1 fully saturated rings. The van der Waals surface area contributed by atoms with Crippen molar-refractivity contribution in [2.45, 2.75) is 71.0 Å². The summed E-state index contributed by atoms with van der Waals surface area (Å²) in [7, 11) is -8.99. The number of hydrogen-bond donors (Lipinski definition) is 1. The number of β-lactam (4-membered cyclic amide) rings is 1. The number of benzene rings is 3. The van der Waals surface area contributed by atoms with Crippen molar-refractivity contribution in [2.24, 2.45) is 0 Å². The van der Waals surface area contributed by atoms with Crippen LogP contribution in [0.4, 0.5) is 23.2 Å². The molecule has 1 N–H and O–H groups in total. The molecule has 1 amide bonds. The molecule has 0 radical (unpaired) electrons. The molecule has 0 spiro atoms. The Balaban J connectivity index is 0.000000435. The molecule has 1 unspecified atom stereocenters. The van der Waals surface area contributed by atoms with Crippen LogP contribution < -0.4 is 13.8 Å². The molecule has 0 aliphatic carbocycles.